The summed E-state index contributed by atoms with van der Waals surface area (Å²) in [6.45, 7) is 6.19. The van der Waals surface area contributed by atoms with E-state index >= 15 is 0 Å². The molecule has 0 fully saturated rings. The van der Waals surface area contributed by atoms with Gasteiger partial charge in [-0.1, -0.05) is 60.2 Å². The van der Waals surface area contributed by atoms with Crippen LogP contribution in [0.3, 0.4) is 0 Å². The lowest BCUT2D eigenvalue weighted by Crippen LogP contribution is -2.45. The Balaban J connectivity index is 1.74. The molecule has 0 aliphatic heterocycles. The lowest BCUT2D eigenvalue weighted by Gasteiger charge is -2.27. The second kappa shape index (κ2) is 9.57. The second-order valence-electron chi connectivity index (χ2n) is 8.80. The summed E-state index contributed by atoms with van der Waals surface area (Å²) < 4.78 is 26.2. The van der Waals surface area contributed by atoms with Gasteiger partial charge in [-0.3, -0.25) is 9.10 Å². The third kappa shape index (κ3) is 6.44. The molecule has 168 valence electrons. The van der Waals surface area contributed by atoms with Crippen LogP contribution in [0.15, 0.2) is 78.9 Å². The van der Waals surface area contributed by atoms with E-state index in [9.17, 15) is 13.2 Å². The molecule has 0 radical (unpaired) electrons. The quantitative estimate of drug-likeness (QED) is 0.540. The van der Waals surface area contributed by atoms with Gasteiger partial charge in [0.05, 0.1) is 18.5 Å². The highest BCUT2D eigenvalue weighted by molar-refractivity contribution is 7.92. The minimum absolute atomic E-state index is 0.193. The van der Waals surface area contributed by atoms with Crippen molar-refractivity contribution >= 4 is 21.6 Å². The summed E-state index contributed by atoms with van der Waals surface area (Å²) in [5.41, 5.74) is 3.73. The molecule has 1 N–H and O–H groups in total. The van der Waals surface area contributed by atoms with Crippen molar-refractivity contribution in [2.45, 2.75) is 39.3 Å². The van der Waals surface area contributed by atoms with Crippen LogP contribution in [0.2, 0.25) is 0 Å². The lowest BCUT2D eigenvalue weighted by molar-refractivity contribution is 0.0913. The van der Waals surface area contributed by atoms with E-state index in [-0.39, 0.29) is 12.5 Å². The van der Waals surface area contributed by atoms with Gasteiger partial charge in [-0.25, -0.2) is 8.42 Å². The average Bonchev–Trinajstić information content (AvgIpc) is 2.72. The molecular weight excluding hydrogens is 420 g/mol. The summed E-state index contributed by atoms with van der Waals surface area (Å²) in [6.07, 6.45) is 1.89. The number of sulfonamides is 1. The predicted octanol–water partition coefficient (Wildman–Crippen LogP) is 4.71. The third-order valence-electron chi connectivity index (χ3n) is 5.21. The van der Waals surface area contributed by atoms with E-state index < -0.39 is 15.6 Å². The van der Waals surface area contributed by atoms with Gasteiger partial charge in [-0.05, 0) is 62.6 Å². The van der Waals surface area contributed by atoms with Crippen LogP contribution in [0.25, 0.3) is 0 Å². The largest absolute Gasteiger partial charge is 0.347 e. The van der Waals surface area contributed by atoms with Gasteiger partial charge in [0.25, 0.3) is 5.91 Å². The Bertz CT molecular complexity index is 1150. The van der Waals surface area contributed by atoms with Crippen LogP contribution in [-0.2, 0) is 23.0 Å². The van der Waals surface area contributed by atoms with E-state index in [1.807, 2.05) is 75.4 Å². The molecule has 0 saturated carbocycles. The van der Waals surface area contributed by atoms with Crippen molar-refractivity contribution in [2.75, 3.05) is 10.6 Å². The van der Waals surface area contributed by atoms with E-state index in [0.717, 1.165) is 16.7 Å². The molecule has 3 aromatic rings. The van der Waals surface area contributed by atoms with Crippen molar-refractivity contribution in [3.8, 4) is 0 Å². The number of benzene rings is 3. The Hall–Kier alpha value is -3.12. The number of carbonyl (C=O) groups is 1. The van der Waals surface area contributed by atoms with E-state index in [1.54, 1.807) is 24.3 Å². The highest BCUT2D eigenvalue weighted by atomic mass is 32.2. The van der Waals surface area contributed by atoms with Crippen LogP contribution in [-0.4, -0.2) is 26.1 Å². The lowest BCUT2D eigenvalue weighted by atomic mass is 9.94. The van der Waals surface area contributed by atoms with Crippen LogP contribution < -0.4 is 9.62 Å². The van der Waals surface area contributed by atoms with Gasteiger partial charge in [0.2, 0.25) is 10.0 Å². The summed E-state index contributed by atoms with van der Waals surface area (Å²) in [5, 5.41) is 3.07. The van der Waals surface area contributed by atoms with Crippen molar-refractivity contribution < 1.29 is 13.2 Å². The zero-order chi connectivity index (χ0) is 23.4. The molecule has 1 amide bonds. The monoisotopic (exact) mass is 450 g/mol. The smallest absolute Gasteiger partial charge is 0.251 e. The Labute approximate surface area is 191 Å². The number of carbonyl (C=O) groups excluding carboxylic acids is 1. The Kier molecular flexibility index (Phi) is 7.04. The zero-order valence-corrected chi connectivity index (χ0v) is 19.8. The van der Waals surface area contributed by atoms with E-state index in [4.69, 9.17) is 0 Å². The maximum absolute atomic E-state index is 12.8. The number of nitrogens with one attached hydrogen (secondary N) is 1. The van der Waals surface area contributed by atoms with Gasteiger partial charge in [0, 0.05) is 11.1 Å². The molecule has 0 aliphatic carbocycles. The first kappa shape index (κ1) is 23.5. The first-order valence-electron chi connectivity index (χ1n) is 10.5. The molecule has 0 aliphatic rings. The molecule has 0 heterocycles. The summed E-state index contributed by atoms with van der Waals surface area (Å²) in [4.78, 5) is 12.8. The Morgan fingerprint density at radius 2 is 1.47 bits per heavy atom. The summed E-state index contributed by atoms with van der Waals surface area (Å²) in [7, 11) is -3.49. The normalized spacial score (nSPS) is 11.8. The average molecular weight is 451 g/mol. The SMILES string of the molecule is Cc1ccc(CN(c2ccc(C(=O)NC(C)(C)Cc3ccccc3)cc2)S(C)(=O)=O)cc1. The van der Waals surface area contributed by atoms with Gasteiger partial charge in [0.15, 0.2) is 0 Å². The molecule has 0 atom stereocenters. The number of hydrogen-bond donors (Lipinski definition) is 1. The Morgan fingerprint density at radius 3 is 2.03 bits per heavy atom. The predicted molar refractivity (Wildman–Crippen MR) is 130 cm³/mol. The molecular formula is C26H30N2O3S. The summed E-state index contributed by atoms with van der Waals surface area (Å²) >= 11 is 0. The molecule has 3 rings (SSSR count). The van der Waals surface area contributed by atoms with Crippen LogP contribution in [0.5, 0.6) is 0 Å². The molecule has 0 aromatic heterocycles. The molecule has 32 heavy (non-hydrogen) atoms. The number of hydrogen-bond acceptors (Lipinski definition) is 3. The minimum atomic E-state index is -3.49. The fourth-order valence-electron chi connectivity index (χ4n) is 3.57. The van der Waals surface area contributed by atoms with Crippen LogP contribution in [0.1, 0.15) is 40.9 Å². The van der Waals surface area contributed by atoms with Gasteiger partial charge < -0.3 is 5.32 Å². The topological polar surface area (TPSA) is 66.5 Å². The van der Waals surface area contributed by atoms with E-state index in [2.05, 4.69) is 5.32 Å². The van der Waals surface area contributed by atoms with Crippen LogP contribution in [0.4, 0.5) is 5.69 Å². The molecule has 0 unspecified atom stereocenters. The maximum Gasteiger partial charge on any atom is 0.251 e. The minimum Gasteiger partial charge on any atom is -0.347 e. The number of amides is 1. The number of anilines is 1. The number of aryl methyl sites for hydroxylation is 1. The van der Waals surface area contributed by atoms with Crippen molar-refractivity contribution in [3.63, 3.8) is 0 Å². The molecule has 0 spiro atoms. The van der Waals surface area contributed by atoms with Crippen molar-refractivity contribution in [3.05, 3.63) is 101 Å². The summed E-state index contributed by atoms with van der Waals surface area (Å²) in [5.74, 6) is -0.193. The fourth-order valence-corrected chi connectivity index (χ4v) is 4.46. The molecule has 0 saturated heterocycles. The van der Waals surface area contributed by atoms with Crippen molar-refractivity contribution in [1.29, 1.82) is 0 Å². The summed E-state index contributed by atoms with van der Waals surface area (Å²) in [6, 6.07) is 24.4. The molecule has 5 nitrogen and oxygen atoms in total. The van der Waals surface area contributed by atoms with Crippen LogP contribution in [0, 0.1) is 6.92 Å². The van der Waals surface area contributed by atoms with Crippen molar-refractivity contribution in [1.82, 2.24) is 5.32 Å². The van der Waals surface area contributed by atoms with Gasteiger partial charge in [0.1, 0.15) is 0 Å². The first-order valence-corrected chi connectivity index (χ1v) is 12.4. The van der Waals surface area contributed by atoms with E-state index in [0.29, 0.717) is 17.7 Å². The van der Waals surface area contributed by atoms with Gasteiger partial charge in [-0.2, -0.15) is 0 Å². The maximum atomic E-state index is 12.8. The van der Waals surface area contributed by atoms with Crippen molar-refractivity contribution in [2.24, 2.45) is 0 Å². The number of nitrogens with zero attached hydrogens (tertiary/aromatic N) is 1. The highest BCUT2D eigenvalue weighted by Crippen LogP contribution is 2.22. The Morgan fingerprint density at radius 1 is 0.875 bits per heavy atom. The molecule has 6 heteroatoms. The fraction of sp³-hybridized carbons (Fsp3) is 0.269. The first-order chi connectivity index (χ1) is 15.0. The third-order valence-corrected chi connectivity index (χ3v) is 6.35. The number of rotatable bonds is 8. The zero-order valence-electron chi connectivity index (χ0n) is 19.0. The van der Waals surface area contributed by atoms with Gasteiger partial charge >= 0.3 is 0 Å². The molecule has 0 bridgehead atoms. The van der Waals surface area contributed by atoms with Crippen LogP contribution >= 0.6 is 0 Å². The highest BCUT2D eigenvalue weighted by Gasteiger charge is 2.23. The standard InChI is InChI=1S/C26H30N2O3S/c1-20-10-12-22(13-11-20)19-28(32(4,30)31)24-16-14-23(15-17-24)25(29)27-26(2,3)18-21-8-6-5-7-9-21/h5-17H,18-19H2,1-4H3,(H,27,29). The van der Waals surface area contributed by atoms with E-state index in [1.165, 1.54) is 10.6 Å². The van der Waals surface area contributed by atoms with Gasteiger partial charge in [-0.15, -0.1) is 0 Å². The second-order valence-corrected chi connectivity index (χ2v) is 10.7. The molecule has 3 aromatic carbocycles.